The Bertz CT molecular complexity index is 1420. The van der Waals surface area contributed by atoms with Crippen LogP contribution in [0.15, 0.2) is 54.6 Å². The molecule has 5 rings (SSSR count). The number of esters is 1. The zero-order valence-electron chi connectivity index (χ0n) is 20.0. The van der Waals surface area contributed by atoms with Crippen molar-refractivity contribution in [2.75, 3.05) is 11.9 Å². The number of amides is 1. The van der Waals surface area contributed by atoms with Crippen LogP contribution in [0.4, 0.5) is 5.00 Å². The Kier molecular flexibility index (Phi) is 6.64. The van der Waals surface area contributed by atoms with Crippen LogP contribution in [-0.2, 0) is 17.6 Å². The number of pyridine rings is 1. The van der Waals surface area contributed by atoms with Crippen molar-refractivity contribution >= 4 is 39.1 Å². The number of nitrogens with zero attached hydrogens (tertiary/aromatic N) is 1. The number of carbonyl (C=O) groups excluding carboxylic acids is 2. The lowest BCUT2D eigenvalue weighted by molar-refractivity contribution is 0.0527. The molecule has 0 radical (unpaired) electrons. The zero-order valence-corrected chi connectivity index (χ0v) is 20.8. The molecule has 2 aromatic carbocycles. The Morgan fingerprint density at radius 1 is 1.03 bits per heavy atom. The minimum atomic E-state index is -0.359. The van der Waals surface area contributed by atoms with E-state index in [4.69, 9.17) is 9.72 Å². The van der Waals surface area contributed by atoms with Crippen LogP contribution in [0.3, 0.4) is 0 Å². The molecule has 0 bridgehead atoms. The van der Waals surface area contributed by atoms with Crippen LogP contribution in [-0.4, -0.2) is 23.5 Å². The molecule has 178 valence electrons. The first-order chi connectivity index (χ1) is 17.1. The number of aryl methyl sites for hydroxylation is 2. The summed E-state index contributed by atoms with van der Waals surface area (Å²) in [7, 11) is 0. The van der Waals surface area contributed by atoms with Gasteiger partial charge in [0.05, 0.1) is 28.9 Å². The second kappa shape index (κ2) is 10.0. The van der Waals surface area contributed by atoms with Gasteiger partial charge in [0.1, 0.15) is 5.00 Å². The predicted molar refractivity (Wildman–Crippen MR) is 141 cm³/mol. The Hall–Kier alpha value is -3.51. The molecule has 5 nitrogen and oxygen atoms in total. The molecular weight excluding hydrogens is 456 g/mol. The quantitative estimate of drug-likeness (QED) is 0.245. The Morgan fingerprint density at radius 2 is 1.80 bits per heavy atom. The van der Waals surface area contributed by atoms with Gasteiger partial charge in [-0.2, -0.15) is 0 Å². The highest BCUT2D eigenvalue weighted by Gasteiger charge is 2.27. The number of hydrogen-bond acceptors (Lipinski definition) is 5. The summed E-state index contributed by atoms with van der Waals surface area (Å²) in [4.78, 5) is 32.7. The molecule has 1 aliphatic carbocycles. The minimum absolute atomic E-state index is 0.250. The molecule has 2 heterocycles. The van der Waals surface area contributed by atoms with E-state index in [1.54, 1.807) is 6.92 Å². The second-order valence-electron chi connectivity index (χ2n) is 8.83. The fourth-order valence-corrected chi connectivity index (χ4v) is 6.05. The van der Waals surface area contributed by atoms with E-state index in [0.717, 1.165) is 65.4 Å². The number of anilines is 1. The molecule has 6 heteroatoms. The molecule has 0 atom stereocenters. The molecule has 2 aromatic heterocycles. The van der Waals surface area contributed by atoms with Crippen molar-refractivity contribution < 1.29 is 14.3 Å². The number of nitrogens with one attached hydrogen (secondary N) is 1. The molecule has 0 saturated carbocycles. The maximum Gasteiger partial charge on any atom is 0.341 e. The van der Waals surface area contributed by atoms with Gasteiger partial charge >= 0.3 is 5.97 Å². The third kappa shape index (κ3) is 4.58. The smallest absolute Gasteiger partial charge is 0.341 e. The molecule has 1 N–H and O–H groups in total. The third-order valence-corrected chi connectivity index (χ3v) is 7.72. The highest BCUT2D eigenvalue weighted by molar-refractivity contribution is 7.17. The molecule has 0 unspecified atom stereocenters. The molecule has 35 heavy (non-hydrogen) atoms. The standard InChI is InChI=1S/C29H28N2O3S/c1-3-34-29(33)26-21-14-5-4-6-16-25(21)35-28(26)31-27(32)22-17-24(19-12-8-7-11-18(19)2)30-23-15-10-9-13-20(22)23/h7-13,15,17H,3-6,14,16H2,1-2H3,(H,31,32). The van der Waals surface area contributed by atoms with Gasteiger partial charge < -0.3 is 10.1 Å². The maximum absolute atomic E-state index is 13.7. The van der Waals surface area contributed by atoms with Crippen molar-refractivity contribution in [3.05, 3.63) is 81.7 Å². The zero-order chi connectivity index (χ0) is 24.4. The van der Waals surface area contributed by atoms with Crippen LogP contribution in [0.2, 0.25) is 0 Å². The predicted octanol–water partition coefficient (Wildman–Crippen LogP) is 6.97. The summed E-state index contributed by atoms with van der Waals surface area (Å²) in [5.41, 5.74) is 5.69. The molecule has 1 amide bonds. The Morgan fingerprint density at radius 3 is 2.63 bits per heavy atom. The SMILES string of the molecule is CCOC(=O)c1c(NC(=O)c2cc(-c3ccccc3C)nc3ccccc23)sc2c1CCCCC2. The van der Waals surface area contributed by atoms with Crippen LogP contribution in [0.5, 0.6) is 0 Å². The lowest BCUT2D eigenvalue weighted by atomic mass is 10.0. The fourth-order valence-electron chi connectivity index (χ4n) is 4.78. The van der Waals surface area contributed by atoms with Gasteiger partial charge in [0.2, 0.25) is 0 Å². The number of aromatic nitrogens is 1. The highest BCUT2D eigenvalue weighted by atomic mass is 32.1. The van der Waals surface area contributed by atoms with Crippen molar-refractivity contribution in [1.29, 1.82) is 0 Å². The number of benzene rings is 2. The second-order valence-corrected chi connectivity index (χ2v) is 9.94. The van der Waals surface area contributed by atoms with Crippen molar-refractivity contribution in [2.45, 2.75) is 46.0 Å². The Labute approximate surface area is 209 Å². The first-order valence-corrected chi connectivity index (χ1v) is 13.0. The highest BCUT2D eigenvalue weighted by Crippen LogP contribution is 2.38. The summed E-state index contributed by atoms with van der Waals surface area (Å²) in [5, 5.41) is 4.44. The van der Waals surface area contributed by atoms with E-state index in [9.17, 15) is 9.59 Å². The third-order valence-electron chi connectivity index (χ3n) is 6.51. The Balaban J connectivity index is 1.59. The lowest BCUT2D eigenvalue weighted by Gasteiger charge is -2.12. The number of hydrogen-bond donors (Lipinski definition) is 1. The first-order valence-electron chi connectivity index (χ1n) is 12.2. The van der Waals surface area contributed by atoms with Gasteiger partial charge in [-0.15, -0.1) is 11.3 Å². The molecule has 0 saturated heterocycles. The monoisotopic (exact) mass is 484 g/mol. The molecule has 4 aromatic rings. The minimum Gasteiger partial charge on any atom is -0.462 e. The number of carbonyl (C=O) groups is 2. The van der Waals surface area contributed by atoms with E-state index in [0.29, 0.717) is 22.7 Å². The maximum atomic E-state index is 13.7. The molecule has 0 aliphatic heterocycles. The van der Waals surface area contributed by atoms with Gasteiger partial charge in [0.25, 0.3) is 5.91 Å². The van der Waals surface area contributed by atoms with E-state index < -0.39 is 0 Å². The van der Waals surface area contributed by atoms with E-state index in [-0.39, 0.29) is 11.9 Å². The van der Waals surface area contributed by atoms with Crippen LogP contribution in [0, 0.1) is 6.92 Å². The number of rotatable bonds is 5. The summed E-state index contributed by atoms with van der Waals surface area (Å²) >= 11 is 1.51. The molecule has 1 aliphatic rings. The van der Waals surface area contributed by atoms with Gasteiger partial charge in [-0.05, 0) is 62.8 Å². The van der Waals surface area contributed by atoms with Gasteiger partial charge in [-0.3, -0.25) is 4.79 Å². The topological polar surface area (TPSA) is 68.3 Å². The largest absolute Gasteiger partial charge is 0.462 e. The van der Waals surface area contributed by atoms with Crippen molar-refractivity contribution in [1.82, 2.24) is 4.98 Å². The number of fused-ring (bicyclic) bond motifs is 2. The summed E-state index contributed by atoms with van der Waals surface area (Å²) in [6.45, 7) is 4.14. The van der Waals surface area contributed by atoms with E-state index >= 15 is 0 Å². The molecular formula is C29H28N2O3S. The lowest BCUT2D eigenvalue weighted by Crippen LogP contribution is -2.16. The number of thiophene rings is 1. The van der Waals surface area contributed by atoms with Gasteiger partial charge in [-0.1, -0.05) is 48.9 Å². The van der Waals surface area contributed by atoms with Gasteiger partial charge in [0.15, 0.2) is 0 Å². The van der Waals surface area contributed by atoms with Crippen LogP contribution in [0.25, 0.3) is 22.2 Å². The van der Waals surface area contributed by atoms with Gasteiger partial charge in [-0.25, -0.2) is 9.78 Å². The first kappa shape index (κ1) is 23.2. The molecule has 0 spiro atoms. The molecule has 0 fully saturated rings. The van der Waals surface area contributed by atoms with Crippen LogP contribution < -0.4 is 5.32 Å². The van der Waals surface area contributed by atoms with Crippen molar-refractivity contribution in [3.63, 3.8) is 0 Å². The average molecular weight is 485 g/mol. The van der Waals surface area contributed by atoms with E-state index in [1.165, 1.54) is 16.2 Å². The summed E-state index contributed by atoms with van der Waals surface area (Å²) < 4.78 is 5.39. The fraction of sp³-hybridized carbons (Fsp3) is 0.276. The summed E-state index contributed by atoms with van der Waals surface area (Å²) in [6.07, 6.45) is 5.05. The van der Waals surface area contributed by atoms with Gasteiger partial charge in [0, 0.05) is 15.8 Å². The van der Waals surface area contributed by atoms with Crippen LogP contribution >= 0.6 is 11.3 Å². The summed E-state index contributed by atoms with van der Waals surface area (Å²) in [6, 6.07) is 17.5. The van der Waals surface area contributed by atoms with Crippen molar-refractivity contribution in [2.24, 2.45) is 0 Å². The normalized spacial score (nSPS) is 13.2. The average Bonchev–Trinajstić information content (AvgIpc) is 3.03. The van der Waals surface area contributed by atoms with Crippen molar-refractivity contribution in [3.8, 4) is 11.3 Å². The van der Waals surface area contributed by atoms with E-state index in [2.05, 4.69) is 5.32 Å². The summed E-state index contributed by atoms with van der Waals surface area (Å²) in [5.74, 6) is -0.609. The number of para-hydroxylation sites is 1. The number of ether oxygens (including phenoxy) is 1. The van der Waals surface area contributed by atoms with Crippen LogP contribution in [0.1, 0.15) is 62.9 Å². The van der Waals surface area contributed by atoms with E-state index in [1.807, 2.05) is 61.5 Å².